The van der Waals surface area contributed by atoms with Crippen LogP contribution >= 0.6 is 0 Å². The number of methoxy groups -OCH3 is 1. The summed E-state index contributed by atoms with van der Waals surface area (Å²) in [5.41, 5.74) is 9.52. The predicted molar refractivity (Wildman–Crippen MR) is 114 cm³/mol. The van der Waals surface area contributed by atoms with Crippen LogP contribution in [0, 0.1) is 5.92 Å². The Balaban J connectivity index is 1.63. The molecule has 8 heteroatoms. The highest BCUT2D eigenvalue weighted by atomic mass is 16.5. The third kappa shape index (κ3) is 2.87. The van der Waals surface area contributed by atoms with Crippen LogP contribution in [0.1, 0.15) is 37.4 Å². The minimum atomic E-state index is -0.706. The molecule has 1 aliphatic carbocycles. The number of H-pyrrole nitrogens is 1. The smallest absolute Gasteiger partial charge is 0.306 e. The molecule has 0 spiro atoms. The van der Waals surface area contributed by atoms with E-state index >= 15 is 0 Å². The van der Waals surface area contributed by atoms with Gasteiger partial charge in [0.25, 0.3) is 0 Å². The Morgan fingerprint density at radius 3 is 2.83 bits per heavy atom. The van der Waals surface area contributed by atoms with Crippen molar-refractivity contribution in [3.63, 3.8) is 0 Å². The van der Waals surface area contributed by atoms with Crippen LogP contribution in [0.5, 0.6) is 5.75 Å². The number of ether oxygens (including phenoxy) is 1. The molecule has 0 aliphatic heterocycles. The van der Waals surface area contributed by atoms with Crippen LogP contribution < -0.4 is 10.5 Å². The summed E-state index contributed by atoms with van der Waals surface area (Å²) in [6.07, 6.45) is 6.46. The summed E-state index contributed by atoms with van der Waals surface area (Å²) in [5, 5.41) is 10.3. The Labute approximate surface area is 172 Å². The average Bonchev–Trinajstić information content (AvgIpc) is 3.36. The van der Waals surface area contributed by atoms with Gasteiger partial charge in [-0.3, -0.25) is 9.20 Å². The molecule has 0 radical (unpaired) electrons. The molecule has 8 nitrogen and oxygen atoms in total. The standard InChI is InChI=1S/C22H23N5O3/c1-30-16-4-2-3-14-11-15(25-17(14)16)18-19-20(23)24-9-10-27(19)21(26-18)12-5-7-13(8-6-12)22(28)29/h2-4,9-13,25H,5-8H2,1H3,(H2,23,24)(H,28,29). The molecule has 5 rings (SSSR count). The first-order chi connectivity index (χ1) is 14.6. The van der Waals surface area contributed by atoms with Gasteiger partial charge in [0, 0.05) is 23.7 Å². The number of nitrogens with one attached hydrogen (secondary N) is 1. The summed E-state index contributed by atoms with van der Waals surface area (Å²) in [5.74, 6) is 1.30. The molecule has 154 valence electrons. The molecule has 0 atom stereocenters. The largest absolute Gasteiger partial charge is 0.495 e. The van der Waals surface area contributed by atoms with Gasteiger partial charge in [0.05, 0.1) is 24.2 Å². The maximum Gasteiger partial charge on any atom is 0.306 e. The zero-order valence-corrected chi connectivity index (χ0v) is 16.6. The van der Waals surface area contributed by atoms with Gasteiger partial charge in [0.1, 0.15) is 28.6 Å². The van der Waals surface area contributed by atoms with E-state index in [1.807, 2.05) is 34.9 Å². The van der Waals surface area contributed by atoms with Gasteiger partial charge in [-0.1, -0.05) is 12.1 Å². The van der Waals surface area contributed by atoms with Gasteiger partial charge >= 0.3 is 5.97 Å². The molecule has 0 unspecified atom stereocenters. The molecule has 30 heavy (non-hydrogen) atoms. The first kappa shape index (κ1) is 18.5. The number of rotatable bonds is 4. The molecule has 1 aliphatic rings. The lowest BCUT2D eigenvalue weighted by molar-refractivity contribution is -0.142. The number of aromatic nitrogens is 4. The highest BCUT2D eigenvalue weighted by Crippen LogP contribution is 2.39. The predicted octanol–water partition coefficient (Wildman–Crippen LogP) is 3.83. The van der Waals surface area contributed by atoms with Crippen molar-refractivity contribution in [2.24, 2.45) is 5.92 Å². The lowest BCUT2D eigenvalue weighted by Crippen LogP contribution is -2.21. The van der Waals surface area contributed by atoms with Gasteiger partial charge in [0.15, 0.2) is 0 Å². The van der Waals surface area contributed by atoms with E-state index in [1.54, 1.807) is 13.3 Å². The van der Waals surface area contributed by atoms with Crippen LogP contribution in [0.4, 0.5) is 5.82 Å². The van der Waals surface area contributed by atoms with Gasteiger partial charge in [-0.25, -0.2) is 9.97 Å². The quantitative estimate of drug-likeness (QED) is 0.475. The van der Waals surface area contributed by atoms with E-state index in [-0.39, 0.29) is 11.8 Å². The molecule has 0 amide bonds. The Morgan fingerprint density at radius 1 is 1.30 bits per heavy atom. The van der Waals surface area contributed by atoms with Crippen molar-refractivity contribution in [3.05, 3.63) is 42.5 Å². The number of benzene rings is 1. The number of aliphatic carboxylic acids is 1. The number of imidazole rings is 1. The molecule has 4 N–H and O–H groups in total. The monoisotopic (exact) mass is 405 g/mol. The van der Waals surface area contributed by atoms with Gasteiger partial charge < -0.3 is 20.6 Å². The molecule has 3 aromatic heterocycles. The van der Waals surface area contributed by atoms with Crippen molar-refractivity contribution >= 4 is 28.2 Å². The second-order valence-corrected chi connectivity index (χ2v) is 7.84. The second kappa shape index (κ2) is 7.05. The molecule has 0 bridgehead atoms. The SMILES string of the molecule is COc1cccc2cc(-c3nc(C4CCC(C(=O)O)CC4)n4ccnc(N)c34)[nH]c12. The third-order valence-electron chi connectivity index (χ3n) is 6.14. The van der Waals surface area contributed by atoms with Crippen molar-refractivity contribution in [2.75, 3.05) is 12.8 Å². The fraction of sp³-hybridized carbons (Fsp3) is 0.318. The van der Waals surface area contributed by atoms with Gasteiger partial charge in [-0.05, 0) is 37.8 Å². The third-order valence-corrected chi connectivity index (χ3v) is 6.14. The number of nitrogens with zero attached hydrogens (tertiary/aromatic N) is 3. The number of anilines is 1. The van der Waals surface area contributed by atoms with Gasteiger partial charge in [-0.15, -0.1) is 0 Å². The Bertz CT molecular complexity index is 1250. The van der Waals surface area contributed by atoms with E-state index in [0.29, 0.717) is 18.7 Å². The Kier molecular flexibility index (Phi) is 4.34. The van der Waals surface area contributed by atoms with Crippen molar-refractivity contribution in [3.8, 4) is 17.1 Å². The maximum absolute atomic E-state index is 11.3. The van der Waals surface area contributed by atoms with E-state index in [4.69, 9.17) is 15.5 Å². The second-order valence-electron chi connectivity index (χ2n) is 7.84. The van der Waals surface area contributed by atoms with Crippen LogP contribution in [-0.4, -0.2) is 37.5 Å². The highest BCUT2D eigenvalue weighted by Gasteiger charge is 2.30. The average molecular weight is 405 g/mol. The number of nitrogen functional groups attached to an aromatic ring is 1. The number of carboxylic acid groups (broad SMARTS) is 1. The summed E-state index contributed by atoms with van der Waals surface area (Å²) >= 11 is 0. The molecule has 1 aromatic carbocycles. The number of carbonyl (C=O) groups is 1. The zero-order chi connectivity index (χ0) is 20.8. The Morgan fingerprint density at radius 2 is 2.10 bits per heavy atom. The van der Waals surface area contributed by atoms with Crippen molar-refractivity contribution < 1.29 is 14.6 Å². The number of hydrogen-bond donors (Lipinski definition) is 3. The lowest BCUT2D eigenvalue weighted by atomic mass is 9.81. The first-order valence-electron chi connectivity index (χ1n) is 10.1. The molecule has 1 fully saturated rings. The van der Waals surface area contributed by atoms with Gasteiger partial charge in [-0.2, -0.15) is 0 Å². The van der Waals surface area contributed by atoms with Crippen LogP contribution in [0.3, 0.4) is 0 Å². The lowest BCUT2D eigenvalue weighted by Gasteiger charge is -2.25. The van der Waals surface area contributed by atoms with E-state index in [0.717, 1.165) is 52.2 Å². The molecule has 1 saturated carbocycles. The van der Waals surface area contributed by atoms with Crippen LogP contribution in [0.25, 0.3) is 27.8 Å². The van der Waals surface area contributed by atoms with E-state index in [9.17, 15) is 9.90 Å². The Hall–Kier alpha value is -3.55. The summed E-state index contributed by atoms with van der Waals surface area (Å²) in [4.78, 5) is 24.0. The number of fused-ring (bicyclic) bond motifs is 2. The van der Waals surface area contributed by atoms with Crippen LogP contribution in [-0.2, 0) is 4.79 Å². The first-order valence-corrected chi connectivity index (χ1v) is 10.1. The number of aromatic amines is 1. The van der Waals surface area contributed by atoms with E-state index < -0.39 is 5.97 Å². The summed E-state index contributed by atoms with van der Waals surface area (Å²) < 4.78 is 7.48. The molecule has 3 heterocycles. The fourth-order valence-corrected chi connectivity index (χ4v) is 4.59. The topological polar surface area (TPSA) is 119 Å². The maximum atomic E-state index is 11.3. The number of para-hydroxylation sites is 1. The molecule has 0 saturated heterocycles. The minimum absolute atomic E-state index is 0.183. The normalized spacial score (nSPS) is 19.4. The summed E-state index contributed by atoms with van der Waals surface area (Å²) in [6, 6.07) is 7.92. The highest BCUT2D eigenvalue weighted by molar-refractivity contribution is 5.93. The van der Waals surface area contributed by atoms with Crippen LogP contribution in [0.2, 0.25) is 0 Å². The number of hydrogen-bond acceptors (Lipinski definition) is 5. The van der Waals surface area contributed by atoms with Crippen LogP contribution in [0.15, 0.2) is 36.7 Å². The molecule has 4 aromatic rings. The van der Waals surface area contributed by atoms with E-state index in [1.165, 1.54) is 0 Å². The van der Waals surface area contributed by atoms with Crippen molar-refractivity contribution in [1.29, 1.82) is 0 Å². The fourth-order valence-electron chi connectivity index (χ4n) is 4.59. The number of carboxylic acids is 1. The minimum Gasteiger partial charge on any atom is -0.495 e. The van der Waals surface area contributed by atoms with E-state index in [2.05, 4.69) is 9.97 Å². The number of nitrogens with two attached hydrogens (primary N) is 1. The zero-order valence-electron chi connectivity index (χ0n) is 16.6. The summed E-state index contributed by atoms with van der Waals surface area (Å²) in [6.45, 7) is 0. The van der Waals surface area contributed by atoms with Crippen molar-refractivity contribution in [2.45, 2.75) is 31.6 Å². The molecular formula is C22H23N5O3. The molecular weight excluding hydrogens is 382 g/mol. The van der Waals surface area contributed by atoms with Crippen molar-refractivity contribution in [1.82, 2.24) is 19.4 Å². The summed E-state index contributed by atoms with van der Waals surface area (Å²) in [7, 11) is 1.65. The van der Waals surface area contributed by atoms with Gasteiger partial charge in [0.2, 0.25) is 0 Å².